The van der Waals surface area contributed by atoms with E-state index in [0.29, 0.717) is 31.4 Å². The summed E-state index contributed by atoms with van der Waals surface area (Å²) < 4.78 is 28.8. The number of hydrogen-bond donors (Lipinski definition) is 1. The van der Waals surface area contributed by atoms with Crippen molar-refractivity contribution >= 4 is 48.5 Å². The second kappa shape index (κ2) is 8.22. The van der Waals surface area contributed by atoms with Crippen LogP contribution in [0, 0.1) is 5.92 Å². The number of carbonyl (C=O) groups is 1. The highest BCUT2D eigenvalue weighted by Gasteiger charge is 2.33. The molecule has 0 bridgehead atoms. The third kappa shape index (κ3) is 4.19. The van der Waals surface area contributed by atoms with Gasteiger partial charge in [0.2, 0.25) is 15.9 Å². The zero-order valence-corrected chi connectivity index (χ0v) is 18.0. The summed E-state index contributed by atoms with van der Waals surface area (Å²) in [4.78, 5) is 17.0. The van der Waals surface area contributed by atoms with Gasteiger partial charge in [0.1, 0.15) is 4.90 Å². The molecule has 1 saturated heterocycles. The maximum absolute atomic E-state index is 13.2. The van der Waals surface area contributed by atoms with Crippen LogP contribution >= 0.6 is 15.9 Å². The molecular formula is C21H20BrN3O3S. The molecule has 4 rings (SSSR count). The molecule has 0 atom stereocenters. The number of aromatic nitrogens is 1. The summed E-state index contributed by atoms with van der Waals surface area (Å²) in [6.45, 7) is 0.619. The summed E-state index contributed by atoms with van der Waals surface area (Å²) >= 11 is 3.37. The quantitative estimate of drug-likeness (QED) is 0.619. The summed E-state index contributed by atoms with van der Waals surface area (Å²) in [5.74, 6) is -0.285. The molecule has 0 spiro atoms. The lowest BCUT2D eigenvalue weighted by molar-refractivity contribution is -0.120. The first-order valence-corrected chi connectivity index (χ1v) is 11.6. The molecule has 6 nitrogen and oxygen atoms in total. The van der Waals surface area contributed by atoms with Gasteiger partial charge >= 0.3 is 0 Å². The Kier molecular flexibility index (Phi) is 5.67. The van der Waals surface area contributed by atoms with Gasteiger partial charge in [0.15, 0.2) is 0 Å². The number of rotatable bonds is 4. The number of piperidine rings is 1. The van der Waals surface area contributed by atoms with Crippen molar-refractivity contribution in [1.82, 2.24) is 9.29 Å². The van der Waals surface area contributed by atoms with E-state index in [0.717, 1.165) is 15.5 Å². The predicted octanol–water partition coefficient (Wildman–Crippen LogP) is 4.04. The first kappa shape index (κ1) is 20.0. The number of pyridine rings is 1. The molecular weight excluding hydrogens is 454 g/mol. The summed E-state index contributed by atoms with van der Waals surface area (Å²) in [7, 11) is -3.67. The maximum atomic E-state index is 13.2. The molecule has 1 fully saturated rings. The first-order chi connectivity index (χ1) is 13.9. The van der Waals surface area contributed by atoms with Gasteiger partial charge in [0.05, 0.1) is 5.52 Å². The predicted molar refractivity (Wildman–Crippen MR) is 116 cm³/mol. The standard InChI is InChI=1S/C21H20BrN3O3S/c22-17-6-8-18(9-7-17)24-21(26)16-10-13-25(14-11-16)29(27,28)19-5-1-3-15-4-2-12-23-20(15)19/h1-9,12,16H,10-11,13-14H2,(H,24,26). The fourth-order valence-corrected chi connectivity index (χ4v) is 5.46. The Balaban J connectivity index is 1.46. The number of nitrogens with one attached hydrogen (secondary N) is 1. The highest BCUT2D eigenvalue weighted by Crippen LogP contribution is 2.28. The van der Waals surface area contributed by atoms with Crippen LogP contribution in [0.3, 0.4) is 0 Å². The SMILES string of the molecule is O=C(Nc1ccc(Br)cc1)C1CCN(S(=O)(=O)c2cccc3cccnc23)CC1. The van der Waals surface area contributed by atoms with Crippen LogP contribution in [0.5, 0.6) is 0 Å². The number of sulfonamides is 1. The number of anilines is 1. The molecule has 0 aliphatic carbocycles. The van der Waals surface area contributed by atoms with E-state index in [1.54, 1.807) is 24.4 Å². The Morgan fingerprint density at radius 1 is 1.03 bits per heavy atom. The Labute approximate surface area is 178 Å². The maximum Gasteiger partial charge on any atom is 0.245 e. The molecule has 2 heterocycles. The highest BCUT2D eigenvalue weighted by molar-refractivity contribution is 9.10. The van der Waals surface area contributed by atoms with Crippen LogP contribution in [0.1, 0.15) is 12.8 Å². The molecule has 3 aromatic rings. The van der Waals surface area contributed by atoms with E-state index in [2.05, 4.69) is 26.2 Å². The molecule has 1 aromatic heterocycles. The Bertz CT molecular complexity index is 1140. The third-order valence-electron chi connectivity index (χ3n) is 5.15. The number of nitrogens with zero attached hydrogens (tertiary/aromatic N) is 2. The summed E-state index contributed by atoms with van der Waals surface area (Å²) in [6, 6.07) is 16.2. The second-order valence-corrected chi connectivity index (χ2v) is 9.83. The summed E-state index contributed by atoms with van der Waals surface area (Å²) in [6.07, 6.45) is 2.57. The monoisotopic (exact) mass is 473 g/mol. The number of amides is 1. The molecule has 1 aliphatic heterocycles. The normalized spacial score (nSPS) is 16.0. The minimum atomic E-state index is -3.67. The number of fused-ring (bicyclic) bond motifs is 1. The van der Waals surface area contributed by atoms with Gasteiger partial charge in [0, 0.05) is 40.8 Å². The largest absolute Gasteiger partial charge is 0.326 e. The Hall–Kier alpha value is -2.29. The number of benzene rings is 2. The first-order valence-electron chi connectivity index (χ1n) is 9.35. The minimum absolute atomic E-state index is 0.0730. The van der Waals surface area contributed by atoms with Crippen LogP contribution in [0.15, 0.2) is 70.2 Å². The number of para-hydroxylation sites is 1. The number of hydrogen-bond acceptors (Lipinski definition) is 4. The van der Waals surface area contributed by atoms with Crippen LogP contribution < -0.4 is 5.32 Å². The molecule has 29 heavy (non-hydrogen) atoms. The van der Waals surface area contributed by atoms with Gasteiger partial charge in [-0.25, -0.2) is 8.42 Å². The fourth-order valence-electron chi connectivity index (χ4n) is 3.56. The van der Waals surface area contributed by atoms with E-state index in [1.165, 1.54) is 4.31 Å². The summed E-state index contributed by atoms with van der Waals surface area (Å²) in [5, 5.41) is 3.70. The Morgan fingerprint density at radius 3 is 2.45 bits per heavy atom. The molecule has 8 heteroatoms. The van der Waals surface area contributed by atoms with Gasteiger partial charge in [-0.3, -0.25) is 9.78 Å². The van der Waals surface area contributed by atoms with Crippen molar-refractivity contribution < 1.29 is 13.2 Å². The van der Waals surface area contributed by atoms with Crippen LogP contribution in [-0.4, -0.2) is 36.7 Å². The van der Waals surface area contributed by atoms with Gasteiger partial charge < -0.3 is 5.32 Å². The minimum Gasteiger partial charge on any atom is -0.326 e. The molecule has 1 amide bonds. The average Bonchev–Trinajstić information content (AvgIpc) is 2.75. The van der Waals surface area contributed by atoms with Crippen LogP contribution in [-0.2, 0) is 14.8 Å². The van der Waals surface area contributed by atoms with Gasteiger partial charge in [-0.15, -0.1) is 0 Å². The lowest BCUT2D eigenvalue weighted by Gasteiger charge is -2.30. The molecule has 150 valence electrons. The second-order valence-electron chi connectivity index (χ2n) is 7.01. The van der Waals surface area contributed by atoms with Crippen molar-refractivity contribution in [2.45, 2.75) is 17.7 Å². The zero-order chi connectivity index (χ0) is 20.4. The fraction of sp³-hybridized carbons (Fsp3) is 0.238. The Morgan fingerprint density at radius 2 is 1.72 bits per heavy atom. The van der Waals surface area contributed by atoms with Crippen molar-refractivity contribution in [3.63, 3.8) is 0 Å². The molecule has 0 saturated carbocycles. The zero-order valence-electron chi connectivity index (χ0n) is 15.6. The van der Waals surface area contributed by atoms with E-state index in [1.807, 2.05) is 36.4 Å². The topological polar surface area (TPSA) is 79.4 Å². The van der Waals surface area contributed by atoms with Gasteiger partial charge in [-0.05, 0) is 49.2 Å². The van der Waals surface area contributed by atoms with Gasteiger partial charge in [-0.2, -0.15) is 4.31 Å². The lowest BCUT2D eigenvalue weighted by atomic mass is 9.97. The van der Waals surface area contributed by atoms with E-state index < -0.39 is 10.0 Å². The molecule has 1 N–H and O–H groups in total. The van der Waals surface area contributed by atoms with Crippen molar-refractivity contribution in [3.05, 3.63) is 65.3 Å². The smallest absolute Gasteiger partial charge is 0.245 e. The molecule has 0 unspecified atom stereocenters. The molecule has 2 aromatic carbocycles. The van der Waals surface area contributed by atoms with E-state index in [9.17, 15) is 13.2 Å². The van der Waals surface area contributed by atoms with Gasteiger partial charge in [-0.1, -0.05) is 34.1 Å². The van der Waals surface area contributed by atoms with Gasteiger partial charge in [0.25, 0.3) is 0 Å². The average molecular weight is 474 g/mol. The highest BCUT2D eigenvalue weighted by atomic mass is 79.9. The number of carbonyl (C=O) groups excluding carboxylic acids is 1. The van der Waals surface area contributed by atoms with Crippen molar-refractivity contribution in [3.8, 4) is 0 Å². The molecule has 1 aliphatic rings. The summed E-state index contributed by atoms with van der Waals surface area (Å²) in [5.41, 5.74) is 1.21. The van der Waals surface area contributed by atoms with Crippen molar-refractivity contribution in [2.75, 3.05) is 18.4 Å². The van der Waals surface area contributed by atoms with E-state index >= 15 is 0 Å². The molecule has 0 radical (unpaired) electrons. The van der Waals surface area contributed by atoms with Crippen LogP contribution in [0.2, 0.25) is 0 Å². The van der Waals surface area contributed by atoms with E-state index in [-0.39, 0.29) is 16.7 Å². The van der Waals surface area contributed by atoms with Crippen molar-refractivity contribution in [2.24, 2.45) is 5.92 Å². The van der Waals surface area contributed by atoms with Crippen LogP contribution in [0.4, 0.5) is 5.69 Å². The van der Waals surface area contributed by atoms with Crippen molar-refractivity contribution in [1.29, 1.82) is 0 Å². The third-order valence-corrected chi connectivity index (χ3v) is 7.61. The lowest BCUT2D eigenvalue weighted by Crippen LogP contribution is -2.41. The number of halogens is 1. The van der Waals surface area contributed by atoms with E-state index in [4.69, 9.17) is 0 Å². The van der Waals surface area contributed by atoms with Crippen LogP contribution in [0.25, 0.3) is 10.9 Å².